The van der Waals surface area contributed by atoms with E-state index < -0.39 is 0 Å². The van der Waals surface area contributed by atoms with Crippen LogP contribution in [0.25, 0.3) is 0 Å². The summed E-state index contributed by atoms with van der Waals surface area (Å²) >= 11 is 0. The van der Waals surface area contributed by atoms with Crippen molar-refractivity contribution in [2.24, 2.45) is 4.99 Å². The summed E-state index contributed by atoms with van der Waals surface area (Å²) in [6, 6.07) is 10.1. The summed E-state index contributed by atoms with van der Waals surface area (Å²) in [6.45, 7) is 8.08. The van der Waals surface area contributed by atoms with Crippen LogP contribution in [-0.2, 0) is 13.1 Å². The van der Waals surface area contributed by atoms with Crippen molar-refractivity contribution in [1.29, 1.82) is 0 Å². The zero-order chi connectivity index (χ0) is 18.2. The molecule has 0 bridgehead atoms. The highest BCUT2D eigenvalue weighted by molar-refractivity contribution is 14.0. The number of aromatic nitrogens is 1. The molecular formula is C19H28IN5O2. The number of rotatable bonds is 6. The van der Waals surface area contributed by atoms with Crippen LogP contribution in [0.15, 0.2) is 46.1 Å². The largest absolute Gasteiger partial charge is 0.494 e. The number of nitrogens with one attached hydrogen (secondary N) is 1. The molecule has 0 saturated carbocycles. The van der Waals surface area contributed by atoms with Crippen LogP contribution in [0.5, 0.6) is 5.75 Å². The lowest BCUT2D eigenvalue weighted by atomic mass is 10.2. The predicted molar refractivity (Wildman–Crippen MR) is 117 cm³/mol. The van der Waals surface area contributed by atoms with Crippen LogP contribution in [0.2, 0.25) is 0 Å². The highest BCUT2D eigenvalue weighted by Crippen LogP contribution is 2.13. The number of nitrogens with zero attached hydrogens (tertiary/aromatic N) is 4. The molecule has 1 saturated heterocycles. The molecule has 0 atom stereocenters. The second-order valence-electron chi connectivity index (χ2n) is 6.24. The molecule has 0 unspecified atom stereocenters. The van der Waals surface area contributed by atoms with Crippen molar-refractivity contribution in [3.63, 3.8) is 0 Å². The Morgan fingerprint density at radius 2 is 2.07 bits per heavy atom. The molecule has 1 aliphatic rings. The fourth-order valence-electron chi connectivity index (χ4n) is 3.09. The Kier molecular flexibility index (Phi) is 8.86. The van der Waals surface area contributed by atoms with E-state index >= 15 is 0 Å². The van der Waals surface area contributed by atoms with Crippen LogP contribution >= 0.6 is 24.0 Å². The molecule has 8 heteroatoms. The van der Waals surface area contributed by atoms with Crippen molar-refractivity contribution < 1.29 is 9.26 Å². The summed E-state index contributed by atoms with van der Waals surface area (Å²) < 4.78 is 10.5. The average molecular weight is 485 g/mol. The van der Waals surface area contributed by atoms with Gasteiger partial charge in [-0.15, -0.1) is 24.0 Å². The Morgan fingerprint density at radius 3 is 2.74 bits per heavy atom. The summed E-state index contributed by atoms with van der Waals surface area (Å²) in [6.07, 6.45) is 1.62. The number of ether oxygens (including phenoxy) is 1. The maximum atomic E-state index is 5.57. The molecule has 3 rings (SSSR count). The van der Waals surface area contributed by atoms with Gasteiger partial charge in [-0.25, -0.2) is 0 Å². The molecule has 0 amide bonds. The fourth-order valence-corrected chi connectivity index (χ4v) is 3.09. The maximum Gasteiger partial charge on any atom is 0.194 e. The molecule has 7 nitrogen and oxygen atoms in total. The molecule has 0 radical (unpaired) electrons. The molecule has 27 heavy (non-hydrogen) atoms. The highest BCUT2D eigenvalue weighted by atomic mass is 127. The van der Waals surface area contributed by atoms with Gasteiger partial charge in [-0.2, -0.15) is 0 Å². The van der Waals surface area contributed by atoms with Gasteiger partial charge in [0.2, 0.25) is 0 Å². The van der Waals surface area contributed by atoms with E-state index in [0.717, 1.165) is 56.7 Å². The van der Waals surface area contributed by atoms with Crippen LogP contribution in [-0.4, -0.2) is 60.7 Å². The Balaban J connectivity index is 0.00000261. The van der Waals surface area contributed by atoms with Crippen molar-refractivity contribution in [3.05, 3.63) is 47.9 Å². The lowest BCUT2D eigenvalue weighted by molar-refractivity contribution is 0.169. The zero-order valence-corrected chi connectivity index (χ0v) is 18.3. The van der Waals surface area contributed by atoms with E-state index in [1.807, 2.05) is 32.2 Å². The molecule has 1 fully saturated rings. The number of hydrogen-bond donors (Lipinski definition) is 1. The third-order valence-electron chi connectivity index (χ3n) is 4.42. The van der Waals surface area contributed by atoms with E-state index in [0.29, 0.717) is 6.61 Å². The minimum atomic E-state index is 0. The summed E-state index contributed by atoms with van der Waals surface area (Å²) in [5, 5.41) is 7.45. The Labute approximate surface area is 177 Å². The number of piperazine rings is 1. The SMILES string of the molecule is CCOc1cccc(CNC(=NC)N2CCN(Cc3ccon3)CC2)c1.I. The smallest absolute Gasteiger partial charge is 0.194 e. The van der Waals surface area contributed by atoms with Gasteiger partial charge in [-0.05, 0) is 24.6 Å². The number of benzene rings is 1. The van der Waals surface area contributed by atoms with Gasteiger partial charge in [0, 0.05) is 52.4 Å². The number of hydrogen-bond acceptors (Lipinski definition) is 5. The van der Waals surface area contributed by atoms with Gasteiger partial charge in [0.05, 0.1) is 12.3 Å². The standard InChI is InChI=1S/C19H27N5O2.HI/c1-3-25-18-6-4-5-16(13-18)14-21-19(20-2)24-10-8-23(9-11-24)15-17-7-12-26-22-17;/h4-7,12-13H,3,8-11,14-15H2,1-2H3,(H,20,21);1H. The molecule has 2 aromatic rings. The van der Waals surface area contributed by atoms with Crippen LogP contribution < -0.4 is 10.1 Å². The number of halogens is 1. The molecule has 1 aliphatic heterocycles. The minimum absolute atomic E-state index is 0. The molecule has 0 spiro atoms. The first kappa shape index (κ1) is 21.5. The minimum Gasteiger partial charge on any atom is -0.494 e. The third kappa shape index (κ3) is 6.39. The lowest BCUT2D eigenvalue weighted by Gasteiger charge is -2.36. The number of guanidine groups is 1. The van der Waals surface area contributed by atoms with E-state index in [9.17, 15) is 0 Å². The fraction of sp³-hybridized carbons (Fsp3) is 0.474. The van der Waals surface area contributed by atoms with Gasteiger partial charge >= 0.3 is 0 Å². The normalized spacial score (nSPS) is 15.3. The van der Waals surface area contributed by atoms with E-state index in [1.165, 1.54) is 5.56 Å². The quantitative estimate of drug-likeness (QED) is 0.386. The predicted octanol–water partition coefficient (Wildman–Crippen LogP) is 2.58. The van der Waals surface area contributed by atoms with E-state index in [2.05, 4.69) is 37.4 Å². The van der Waals surface area contributed by atoms with Gasteiger partial charge < -0.3 is 19.5 Å². The van der Waals surface area contributed by atoms with Crippen LogP contribution in [0.3, 0.4) is 0 Å². The van der Waals surface area contributed by atoms with E-state index in [1.54, 1.807) is 6.26 Å². The monoisotopic (exact) mass is 485 g/mol. The summed E-state index contributed by atoms with van der Waals surface area (Å²) in [7, 11) is 1.83. The first-order valence-electron chi connectivity index (χ1n) is 9.07. The number of aliphatic imine (C=N–C) groups is 1. The Bertz CT molecular complexity index is 700. The molecule has 1 N–H and O–H groups in total. The third-order valence-corrected chi connectivity index (χ3v) is 4.42. The first-order chi connectivity index (χ1) is 12.8. The van der Waals surface area contributed by atoms with Gasteiger partial charge in [-0.3, -0.25) is 9.89 Å². The highest BCUT2D eigenvalue weighted by Gasteiger charge is 2.20. The molecule has 1 aromatic heterocycles. The van der Waals surface area contributed by atoms with Gasteiger partial charge in [-0.1, -0.05) is 17.3 Å². The van der Waals surface area contributed by atoms with Crippen molar-refractivity contribution in [3.8, 4) is 5.75 Å². The zero-order valence-electron chi connectivity index (χ0n) is 15.9. The Hall–Kier alpha value is -1.81. The van der Waals surface area contributed by atoms with Gasteiger partial charge in [0.25, 0.3) is 0 Å². The maximum absolute atomic E-state index is 5.57. The van der Waals surface area contributed by atoms with Crippen molar-refractivity contribution in [2.75, 3.05) is 39.8 Å². The van der Waals surface area contributed by atoms with Crippen LogP contribution in [0.1, 0.15) is 18.2 Å². The molecule has 148 valence electrons. The molecule has 2 heterocycles. The summed E-state index contributed by atoms with van der Waals surface area (Å²) in [5.74, 6) is 1.84. The summed E-state index contributed by atoms with van der Waals surface area (Å²) in [4.78, 5) is 9.12. The topological polar surface area (TPSA) is 66.1 Å². The molecular weight excluding hydrogens is 457 g/mol. The van der Waals surface area contributed by atoms with Crippen molar-refractivity contribution >= 4 is 29.9 Å². The first-order valence-corrected chi connectivity index (χ1v) is 9.07. The Morgan fingerprint density at radius 1 is 1.26 bits per heavy atom. The van der Waals surface area contributed by atoms with Crippen molar-refractivity contribution in [2.45, 2.75) is 20.0 Å². The molecule has 1 aromatic carbocycles. The van der Waals surface area contributed by atoms with E-state index in [-0.39, 0.29) is 24.0 Å². The summed E-state index contributed by atoms with van der Waals surface area (Å²) in [5.41, 5.74) is 2.16. The van der Waals surface area contributed by atoms with Crippen molar-refractivity contribution in [1.82, 2.24) is 20.3 Å². The molecule has 0 aliphatic carbocycles. The van der Waals surface area contributed by atoms with Crippen LogP contribution in [0, 0.1) is 0 Å². The van der Waals surface area contributed by atoms with Gasteiger partial charge in [0.15, 0.2) is 5.96 Å². The second kappa shape index (κ2) is 11.1. The average Bonchev–Trinajstić information content (AvgIpc) is 3.17. The second-order valence-corrected chi connectivity index (χ2v) is 6.24. The lowest BCUT2D eigenvalue weighted by Crippen LogP contribution is -2.52. The van der Waals surface area contributed by atoms with Crippen LogP contribution in [0.4, 0.5) is 0 Å². The van der Waals surface area contributed by atoms with Gasteiger partial charge in [0.1, 0.15) is 12.0 Å². The van der Waals surface area contributed by atoms with E-state index in [4.69, 9.17) is 9.26 Å².